The van der Waals surface area contributed by atoms with Crippen molar-refractivity contribution in [3.63, 3.8) is 0 Å². The third-order valence-corrected chi connectivity index (χ3v) is 5.25. The van der Waals surface area contributed by atoms with Crippen LogP contribution in [0.15, 0.2) is 12.2 Å². The first-order valence-corrected chi connectivity index (χ1v) is 7.88. The molecule has 2 saturated carbocycles. The Balaban J connectivity index is 1.37. The van der Waals surface area contributed by atoms with Crippen molar-refractivity contribution in [1.82, 2.24) is 10.2 Å². The van der Waals surface area contributed by atoms with Gasteiger partial charge in [-0.3, -0.25) is 4.90 Å². The third kappa shape index (κ3) is 3.16. The topological polar surface area (TPSA) is 15.3 Å². The molecule has 2 heteroatoms. The van der Waals surface area contributed by atoms with Crippen molar-refractivity contribution in [1.29, 1.82) is 0 Å². The van der Waals surface area contributed by atoms with Crippen LogP contribution in [-0.2, 0) is 0 Å². The summed E-state index contributed by atoms with van der Waals surface area (Å²) in [6.07, 6.45) is 11.6. The zero-order valence-corrected chi connectivity index (χ0v) is 11.7. The largest absolute Gasteiger partial charge is 0.310 e. The highest BCUT2D eigenvalue weighted by atomic mass is 15.1. The Morgan fingerprint density at radius 3 is 2.39 bits per heavy atom. The predicted molar refractivity (Wildman–Crippen MR) is 76.7 cm³/mol. The highest BCUT2D eigenvalue weighted by molar-refractivity contribution is 5.03. The Morgan fingerprint density at radius 1 is 1.11 bits per heavy atom. The Kier molecular flexibility index (Phi) is 3.76. The van der Waals surface area contributed by atoms with Crippen LogP contribution in [-0.4, -0.2) is 37.1 Å². The molecule has 0 unspecified atom stereocenters. The molecule has 1 saturated heterocycles. The Labute approximate surface area is 112 Å². The molecule has 2 nitrogen and oxygen atoms in total. The van der Waals surface area contributed by atoms with Crippen LogP contribution in [0.4, 0.5) is 0 Å². The molecule has 3 fully saturated rings. The van der Waals surface area contributed by atoms with Gasteiger partial charge in [0.05, 0.1) is 0 Å². The van der Waals surface area contributed by atoms with Gasteiger partial charge in [-0.15, -0.1) is 0 Å². The SMILES string of the molecule is C=C(CNC1CC1)CN1CCC2(CCCC2)CC1. The zero-order valence-electron chi connectivity index (χ0n) is 11.7. The molecule has 0 radical (unpaired) electrons. The van der Waals surface area contributed by atoms with Gasteiger partial charge in [0, 0.05) is 19.1 Å². The van der Waals surface area contributed by atoms with Crippen LogP contribution in [0.3, 0.4) is 0 Å². The molecule has 0 aromatic heterocycles. The molecule has 1 aliphatic heterocycles. The fourth-order valence-electron chi connectivity index (χ4n) is 3.76. The van der Waals surface area contributed by atoms with E-state index >= 15 is 0 Å². The van der Waals surface area contributed by atoms with Crippen LogP contribution in [0.25, 0.3) is 0 Å². The second-order valence-electron chi connectivity index (χ2n) is 6.89. The Hall–Kier alpha value is -0.340. The van der Waals surface area contributed by atoms with Crippen LogP contribution < -0.4 is 5.32 Å². The second kappa shape index (κ2) is 5.34. The van der Waals surface area contributed by atoms with Gasteiger partial charge in [0.25, 0.3) is 0 Å². The fourth-order valence-corrected chi connectivity index (χ4v) is 3.76. The summed E-state index contributed by atoms with van der Waals surface area (Å²) in [6.45, 7) is 9.00. The molecule has 0 amide bonds. The maximum Gasteiger partial charge on any atom is 0.0202 e. The van der Waals surface area contributed by atoms with Gasteiger partial charge >= 0.3 is 0 Å². The van der Waals surface area contributed by atoms with E-state index in [9.17, 15) is 0 Å². The van der Waals surface area contributed by atoms with Crippen LogP contribution in [0.2, 0.25) is 0 Å². The Morgan fingerprint density at radius 2 is 1.78 bits per heavy atom. The second-order valence-corrected chi connectivity index (χ2v) is 6.89. The maximum absolute atomic E-state index is 4.23. The first-order chi connectivity index (χ1) is 8.76. The molecule has 0 aromatic rings. The van der Waals surface area contributed by atoms with E-state index in [0.717, 1.165) is 24.5 Å². The Bertz CT molecular complexity index is 290. The van der Waals surface area contributed by atoms with E-state index in [-0.39, 0.29) is 0 Å². The number of nitrogens with zero attached hydrogens (tertiary/aromatic N) is 1. The molecule has 1 spiro atoms. The van der Waals surface area contributed by atoms with Crippen molar-refractivity contribution < 1.29 is 0 Å². The summed E-state index contributed by atoms with van der Waals surface area (Å²) in [5.74, 6) is 0. The quantitative estimate of drug-likeness (QED) is 0.753. The highest BCUT2D eigenvalue weighted by Crippen LogP contribution is 2.46. The number of hydrogen-bond donors (Lipinski definition) is 1. The maximum atomic E-state index is 4.23. The number of nitrogens with one attached hydrogen (secondary N) is 1. The molecule has 0 bridgehead atoms. The van der Waals surface area contributed by atoms with Gasteiger partial charge in [0.1, 0.15) is 0 Å². The van der Waals surface area contributed by atoms with Crippen molar-refractivity contribution in [2.24, 2.45) is 5.41 Å². The fraction of sp³-hybridized carbons (Fsp3) is 0.875. The zero-order chi connectivity index (χ0) is 12.4. The first-order valence-electron chi connectivity index (χ1n) is 7.88. The number of piperidine rings is 1. The lowest BCUT2D eigenvalue weighted by molar-refractivity contribution is 0.115. The standard InChI is InChI=1S/C16H28N2/c1-14(12-17-15-4-5-15)13-18-10-8-16(9-11-18)6-2-3-7-16/h15,17H,1-13H2. The molecule has 3 rings (SSSR count). The van der Waals surface area contributed by atoms with Crippen molar-refractivity contribution in [3.8, 4) is 0 Å². The predicted octanol–water partition coefficient (Wildman–Crippen LogP) is 2.95. The average Bonchev–Trinajstić information content (AvgIpc) is 3.11. The minimum atomic E-state index is 0.754. The van der Waals surface area contributed by atoms with Crippen molar-refractivity contribution >= 4 is 0 Å². The molecule has 102 valence electrons. The first kappa shape index (κ1) is 12.7. The minimum Gasteiger partial charge on any atom is -0.310 e. The molecule has 1 N–H and O–H groups in total. The lowest BCUT2D eigenvalue weighted by atomic mass is 9.77. The molecular formula is C16H28N2. The summed E-state index contributed by atoms with van der Waals surface area (Å²) in [5.41, 5.74) is 2.13. The lowest BCUT2D eigenvalue weighted by Gasteiger charge is -2.39. The van der Waals surface area contributed by atoms with E-state index < -0.39 is 0 Å². The summed E-state index contributed by atoms with van der Waals surface area (Å²) in [6, 6.07) is 0.810. The van der Waals surface area contributed by atoms with Crippen molar-refractivity contribution in [2.45, 2.75) is 57.4 Å². The summed E-state index contributed by atoms with van der Waals surface area (Å²) in [4.78, 5) is 2.63. The van der Waals surface area contributed by atoms with Crippen LogP contribution in [0.5, 0.6) is 0 Å². The van der Waals surface area contributed by atoms with Gasteiger partial charge in [0.15, 0.2) is 0 Å². The van der Waals surface area contributed by atoms with Gasteiger partial charge < -0.3 is 5.32 Å². The number of rotatable bonds is 5. The van der Waals surface area contributed by atoms with Gasteiger partial charge in [-0.25, -0.2) is 0 Å². The van der Waals surface area contributed by atoms with Crippen LogP contribution in [0.1, 0.15) is 51.4 Å². The van der Waals surface area contributed by atoms with Gasteiger partial charge in [-0.05, 0) is 62.6 Å². The minimum absolute atomic E-state index is 0.754. The van der Waals surface area contributed by atoms with Crippen LogP contribution >= 0.6 is 0 Å². The summed E-state index contributed by atoms with van der Waals surface area (Å²) in [7, 11) is 0. The van der Waals surface area contributed by atoms with Gasteiger partial charge in [0.2, 0.25) is 0 Å². The van der Waals surface area contributed by atoms with E-state index in [1.807, 2.05) is 0 Å². The molecule has 0 atom stereocenters. The number of hydrogen-bond acceptors (Lipinski definition) is 2. The van der Waals surface area contributed by atoms with Crippen molar-refractivity contribution in [2.75, 3.05) is 26.2 Å². The van der Waals surface area contributed by atoms with Gasteiger partial charge in [-0.2, -0.15) is 0 Å². The highest BCUT2D eigenvalue weighted by Gasteiger charge is 2.36. The summed E-state index contributed by atoms with van der Waals surface area (Å²) >= 11 is 0. The van der Waals surface area contributed by atoms with Crippen LogP contribution in [0, 0.1) is 5.41 Å². The van der Waals surface area contributed by atoms with Gasteiger partial charge in [-0.1, -0.05) is 19.4 Å². The normalized spacial score (nSPS) is 27.8. The molecule has 0 aromatic carbocycles. The van der Waals surface area contributed by atoms with E-state index in [2.05, 4.69) is 16.8 Å². The third-order valence-electron chi connectivity index (χ3n) is 5.25. The molecule has 2 aliphatic carbocycles. The molecule has 3 aliphatic rings. The van der Waals surface area contributed by atoms with Crippen molar-refractivity contribution in [3.05, 3.63) is 12.2 Å². The van der Waals surface area contributed by atoms with E-state index in [1.54, 1.807) is 0 Å². The lowest BCUT2D eigenvalue weighted by Crippen LogP contribution is -2.40. The summed E-state index contributed by atoms with van der Waals surface area (Å²) < 4.78 is 0. The van der Waals surface area contributed by atoms with E-state index in [4.69, 9.17) is 0 Å². The molecule has 18 heavy (non-hydrogen) atoms. The van der Waals surface area contributed by atoms with E-state index in [0.29, 0.717) is 0 Å². The van der Waals surface area contributed by atoms with E-state index in [1.165, 1.54) is 70.0 Å². The average molecular weight is 248 g/mol. The summed E-state index contributed by atoms with van der Waals surface area (Å²) in [5, 5.41) is 3.57. The smallest absolute Gasteiger partial charge is 0.0202 e. The molecular weight excluding hydrogens is 220 g/mol. The number of likely N-dealkylation sites (tertiary alicyclic amines) is 1. The monoisotopic (exact) mass is 248 g/mol. The molecule has 1 heterocycles.